The number of hydrogen-bond acceptors (Lipinski definition) is 7. The van der Waals surface area contributed by atoms with E-state index < -0.39 is 5.91 Å². The van der Waals surface area contributed by atoms with Crippen LogP contribution in [0.1, 0.15) is 23.4 Å². The molecule has 0 aromatic carbocycles. The quantitative estimate of drug-likeness (QED) is 0.256. The van der Waals surface area contributed by atoms with Crippen molar-refractivity contribution in [3.05, 3.63) is 46.2 Å². The Morgan fingerprint density at radius 1 is 1.46 bits per heavy atom. The highest BCUT2D eigenvalue weighted by Crippen LogP contribution is 2.32. The number of carbonyl (C=O) groups is 2. The predicted octanol–water partition coefficient (Wildman–Crippen LogP) is 3.13. The zero-order valence-electron chi connectivity index (χ0n) is 14.9. The molecule has 0 bridgehead atoms. The number of amides is 1. The molecule has 0 unspecified atom stereocenters. The number of nitrogens with zero attached hydrogens (tertiary/aromatic N) is 3. The molecule has 142 valence electrons. The number of hydrogen-bond donors (Lipinski definition) is 1. The molecule has 0 aliphatic heterocycles. The molecular formula is C19H15ClN4O3S. The van der Waals surface area contributed by atoms with Crippen molar-refractivity contribution in [2.45, 2.75) is 12.8 Å². The van der Waals surface area contributed by atoms with Gasteiger partial charge in [0.25, 0.3) is 5.91 Å². The van der Waals surface area contributed by atoms with Crippen molar-refractivity contribution in [3.8, 4) is 17.6 Å². The van der Waals surface area contributed by atoms with Crippen molar-refractivity contribution in [1.82, 2.24) is 15.2 Å². The van der Waals surface area contributed by atoms with E-state index in [1.165, 1.54) is 19.4 Å². The number of aldehydes is 1. The standard InChI is InChI=1S/C19H15ClN4O3S/c1-11(14-9-16(20)21-10-15(14)27-2)13(7-8-25)18(26)22-19-24-23-17(28-19)6-5-12-3-4-12/h7-10,12H,1,3-4H2,2H3,(H,22,24,26)/b13-7+. The molecule has 1 saturated carbocycles. The lowest BCUT2D eigenvalue weighted by Gasteiger charge is -2.13. The second-order valence-corrected chi connectivity index (χ2v) is 7.18. The van der Waals surface area contributed by atoms with Crippen LogP contribution >= 0.6 is 22.9 Å². The van der Waals surface area contributed by atoms with Gasteiger partial charge in [0, 0.05) is 11.5 Å². The number of pyridine rings is 1. The van der Waals surface area contributed by atoms with E-state index in [1.54, 1.807) is 0 Å². The Bertz CT molecular complexity index is 1030. The van der Waals surface area contributed by atoms with Gasteiger partial charge in [-0.15, -0.1) is 10.2 Å². The van der Waals surface area contributed by atoms with Gasteiger partial charge < -0.3 is 4.74 Å². The Morgan fingerprint density at radius 2 is 2.25 bits per heavy atom. The van der Waals surface area contributed by atoms with Crippen LogP contribution < -0.4 is 10.1 Å². The van der Waals surface area contributed by atoms with Gasteiger partial charge in [-0.3, -0.25) is 14.9 Å². The maximum atomic E-state index is 12.7. The number of carbonyl (C=O) groups excluding carboxylic acids is 2. The highest BCUT2D eigenvalue weighted by molar-refractivity contribution is 7.15. The highest BCUT2D eigenvalue weighted by atomic mass is 35.5. The lowest BCUT2D eigenvalue weighted by Crippen LogP contribution is -2.16. The molecule has 9 heteroatoms. The van der Waals surface area contributed by atoms with Gasteiger partial charge in [-0.25, -0.2) is 4.98 Å². The van der Waals surface area contributed by atoms with Crippen LogP contribution in [0.15, 0.2) is 30.5 Å². The predicted molar refractivity (Wildman–Crippen MR) is 107 cm³/mol. The van der Waals surface area contributed by atoms with E-state index in [1.807, 2.05) is 0 Å². The van der Waals surface area contributed by atoms with Gasteiger partial charge in [-0.05, 0) is 36.5 Å². The summed E-state index contributed by atoms with van der Waals surface area (Å²) in [6, 6.07) is 1.51. The third kappa shape index (κ3) is 4.82. The van der Waals surface area contributed by atoms with Crippen LogP contribution in [0, 0.1) is 17.8 Å². The largest absolute Gasteiger partial charge is 0.494 e. The molecule has 3 rings (SSSR count). The molecule has 1 amide bonds. The molecular weight excluding hydrogens is 400 g/mol. The van der Waals surface area contributed by atoms with Gasteiger partial charge >= 0.3 is 0 Å². The van der Waals surface area contributed by atoms with E-state index in [0.29, 0.717) is 28.5 Å². The van der Waals surface area contributed by atoms with E-state index in [4.69, 9.17) is 16.3 Å². The number of methoxy groups -OCH3 is 1. The maximum absolute atomic E-state index is 12.7. The molecule has 28 heavy (non-hydrogen) atoms. The summed E-state index contributed by atoms with van der Waals surface area (Å²) in [4.78, 5) is 27.7. The number of allylic oxidation sites excluding steroid dienone is 1. The monoisotopic (exact) mass is 414 g/mol. The molecule has 0 atom stereocenters. The molecule has 1 aliphatic rings. The number of aromatic nitrogens is 3. The number of halogens is 1. The zero-order valence-corrected chi connectivity index (χ0v) is 16.4. The molecule has 0 radical (unpaired) electrons. The summed E-state index contributed by atoms with van der Waals surface area (Å²) in [5, 5.41) is 11.5. The van der Waals surface area contributed by atoms with Crippen LogP contribution in [-0.2, 0) is 9.59 Å². The minimum Gasteiger partial charge on any atom is -0.494 e. The van der Waals surface area contributed by atoms with Gasteiger partial charge in [0.05, 0.1) is 18.9 Å². The molecule has 1 aliphatic carbocycles. The highest BCUT2D eigenvalue weighted by Gasteiger charge is 2.20. The summed E-state index contributed by atoms with van der Waals surface area (Å²) in [5.74, 6) is 6.27. The summed E-state index contributed by atoms with van der Waals surface area (Å²) in [5.41, 5.74) is 0.736. The van der Waals surface area contributed by atoms with Crippen LogP contribution in [0.25, 0.3) is 5.57 Å². The number of ether oxygens (including phenoxy) is 1. The molecule has 0 spiro atoms. The first-order valence-corrected chi connectivity index (χ1v) is 9.42. The van der Waals surface area contributed by atoms with E-state index in [-0.39, 0.29) is 21.4 Å². The Kier molecular flexibility index (Phi) is 6.19. The Hall–Kier alpha value is -3.02. The topological polar surface area (TPSA) is 94.1 Å². The smallest absolute Gasteiger partial charge is 0.258 e. The van der Waals surface area contributed by atoms with Crippen LogP contribution in [0.5, 0.6) is 5.75 Å². The molecule has 2 heterocycles. The number of anilines is 1. The Morgan fingerprint density at radius 3 is 2.93 bits per heavy atom. The first-order chi connectivity index (χ1) is 13.5. The van der Waals surface area contributed by atoms with Crippen molar-refractivity contribution >= 4 is 45.8 Å². The van der Waals surface area contributed by atoms with Gasteiger partial charge in [0.15, 0.2) is 5.01 Å². The van der Waals surface area contributed by atoms with Crippen molar-refractivity contribution in [1.29, 1.82) is 0 Å². The zero-order chi connectivity index (χ0) is 20.1. The molecule has 2 aromatic rings. The van der Waals surface area contributed by atoms with Gasteiger partial charge in [0.2, 0.25) is 5.13 Å². The fourth-order valence-electron chi connectivity index (χ4n) is 2.22. The average Bonchev–Trinajstić information content (AvgIpc) is 3.42. The van der Waals surface area contributed by atoms with Gasteiger partial charge in [-0.2, -0.15) is 0 Å². The second kappa shape index (κ2) is 8.78. The average molecular weight is 415 g/mol. The summed E-state index contributed by atoms with van der Waals surface area (Å²) < 4.78 is 5.24. The van der Waals surface area contributed by atoms with Gasteiger partial charge in [-0.1, -0.05) is 35.4 Å². The SMILES string of the molecule is C=C(/C(=C\C=O)C(=O)Nc1nnc(C#CC2CC2)s1)c1cc(Cl)ncc1OC. The summed E-state index contributed by atoms with van der Waals surface area (Å²) in [7, 11) is 1.45. The molecule has 1 fully saturated rings. The molecule has 0 saturated heterocycles. The van der Waals surface area contributed by atoms with E-state index >= 15 is 0 Å². The van der Waals surface area contributed by atoms with E-state index in [0.717, 1.165) is 30.3 Å². The molecule has 1 N–H and O–H groups in total. The summed E-state index contributed by atoms with van der Waals surface area (Å²) in [6.07, 6.45) is 5.25. The number of rotatable bonds is 6. The fraction of sp³-hybridized carbons (Fsp3) is 0.211. The minimum absolute atomic E-state index is 0.0383. The maximum Gasteiger partial charge on any atom is 0.258 e. The van der Waals surface area contributed by atoms with Crippen LogP contribution in [0.3, 0.4) is 0 Å². The van der Waals surface area contributed by atoms with E-state index in [9.17, 15) is 9.59 Å². The first-order valence-electron chi connectivity index (χ1n) is 8.23. The molecule has 7 nitrogen and oxygen atoms in total. The third-order valence-electron chi connectivity index (χ3n) is 3.79. The third-order valence-corrected chi connectivity index (χ3v) is 4.75. The second-order valence-electron chi connectivity index (χ2n) is 5.81. The van der Waals surface area contributed by atoms with E-state index in [2.05, 4.69) is 38.9 Å². The summed E-state index contributed by atoms with van der Waals surface area (Å²) >= 11 is 7.10. The fourth-order valence-corrected chi connectivity index (χ4v) is 2.98. The van der Waals surface area contributed by atoms with Crippen molar-refractivity contribution in [2.24, 2.45) is 5.92 Å². The Balaban J connectivity index is 1.80. The minimum atomic E-state index is -0.565. The Labute approximate surface area is 170 Å². The van der Waals surface area contributed by atoms with Crippen LogP contribution in [0.4, 0.5) is 5.13 Å². The van der Waals surface area contributed by atoms with Crippen LogP contribution in [-0.4, -0.2) is 34.5 Å². The number of nitrogens with one attached hydrogen (secondary N) is 1. The molecule has 2 aromatic heterocycles. The lowest BCUT2D eigenvalue weighted by atomic mass is 9.99. The van der Waals surface area contributed by atoms with Crippen molar-refractivity contribution in [2.75, 3.05) is 12.4 Å². The lowest BCUT2D eigenvalue weighted by molar-refractivity contribution is -0.113. The normalized spacial score (nSPS) is 13.3. The van der Waals surface area contributed by atoms with Crippen molar-refractivity contribution in [3.63, 3.8) is 0 Å². The van der Waals surface area contributed by atoms with Gasteiger partial charge in [0.1, 0.15) is 17.2 Å². The van der Waals surface area contributed by atoms with Crippen molar-refractivity contribution < 1.29 is 14.3 Å². The van der Waals surface area contributed by atoms with Crippen LogP contribution in [0.2, 0.25) is 5.15 Å². The summed E-state index contributed by atoms with van der Waals surface area (Å²) in [6.45, 7) is 3.91. The first kappa shape index (κ1) is 19.7.